The number of hydrogen-bond acceptors (Lipinski definition) is 3. The number of rotatable bonds is 6. The molecule has 0 radical (unpaired) electrons. The molecule has 2 rings (SSSR count). The lowest BCUT2D eigenvalue weighted by molar-refractivity contribution is 0.0731. The van der Waals surface area contributed by atoms with Crippen LogP contribution in [-0.4, -0.2) is 45.2 Å². The molecule has 1 fully saturated rings. The van der Waals surface area contributed by atoms with Gasteiger partial charge < -0.3 is 4.90 Å². The molecule has 1 saturated carbocycles. The highest BCUT2D eigenvalue weighted by Gasteiger charge is 2.33. The van der Waals surface area contributed by atoms with Crippen LogP contribution < -0.4 is 0 Å². The number of carbonyl (C=O) groups excluding carboxylic acids is 1. The van der Waals surface area contributed by atoms with E-state index in [-0.39, 0.29) is 5.91 Å². The van der Waals surface area contributed by atoms with E-state index in [1.165, 1.54) is 12.8 Å². The number of thioether (sulfide) groups is 1. The highest BCUT2D eigenvalue weighted by molar-refractivity contribution is 7.99. The predicted molar refractivity (Wildman–Crippen MR) is 88.9 cm³/mol. The first-order valence-electron chi connectivity index (χ1n) is 7.97. The molecule has 2 atom stereocenters. The van der Waals surface area contributed by atoms with E-state index < -0.39 is 0 Å². The van der Waals surface area contributed by atoms with Crippen molar-refractivity contribution >= 4 is 17.7 Å². The van der Waals surface area contributed by atoms with Crippen LogP contribution >= 0.6 is 11.8 Å². The summed E-state index contributed by atoms with van der Waals surface area (Å²) in [5, 5.41) is 5.08. The normalized spacial score (nSPS) is 22.0. The van der Waals surface area contributed by atoms with E-state index in [0.29, 0.717) is 23.0 Å². The number of carbonyl (C=O) groups is 1. The van der Waals surface area contributed by atoms with E-state index in [0.717, 1.165) is 19.3 Å². The summed E-state index contributed by atoms with van der Waals surface area (Å²) in [7, 11) is 1.93. The molecule has 21 heavy (non-hydrogen) atoms. The van der Waals surface area contributed by atoms with Gasteiger partial charge >= 0.3 is 0 Å². The number of hydrogen-bond donors (Lipinski definition) is 0. The van der Waals surface area contributed by atoms with Crippen LogP contribution in [0.5, 0.6) is 0 Å². The molecule has 0 aliphatic heterocycles. The zero-order valence-corrected chi connectivity index (χ0v) is 14.4. The second-order valence-corrected chi connectivity index (χ2v) is 6.92. The maximum absolute atomic E-state index is 12.6. The molecule has 1 aliphatic carbocycles. The average Bonchev–Trinajstić information content (AvgIpc) is 3.16. The Bertz CT molecular complexity index is 470. The second-order valence-electron chi connectivity index (χ2n) is 5.84. The van der Waals surface area contributed by atoms with Gasteiger partial charge in [0, 0.05) is 24.5 Å². The van der Waals surface area contributed by atoms with Gasteiger partial charge in [-0.25, -0.2) is 0 Å². The monoisotopic (exact) mass is 309 g/mol. The molecule has 5 heteroatoms. The van der Waals surface area contributed by atoms with Crippen molar-refractivity contribution in [3.63, 3.8) is 0 Å². The van der Waals surface area contributed by atoms with Gasteiger partial charge in [-0.3, -0.25) is 9.48 Å². The minimum absolute atomic E-state index is 0.0608. The molecule has 0 saturated heterocycles. The zero-order chi connectivity index (χ0) is 15.4. The van der Waals surface area contributed by atoms with Gasteiger partial charge in [0.2, 0.25) is 0 Å². The summed E-state index contributed by atoms with van der Waals surface area (Å²) in [6.45, 7) is 4.32. The van der Waals surface area contributed by atoms with Crippen LogP contribution in [0.2, 0.25) is 0 Å². The molecule has 0 N–H and O–H groups in total. The van der Waals surface area contributed by atoms with E-state index >= 15 is 0 Å². The molecule has 0 unspecified atom stereocenters. The fourth-order valence-electron chi connectivity index (χ4n) is 3.27. The van der Waals surface area contributed by atoms with Gasteiger partial charge in [-0.2, -0.15) is 16.9 Å². The Balaban J connectivity index is 2.09. The molecule has 1 aromatic heterocycles. The van der Waals surface area contributed by atoms with Gasteiger partial charge in [-0.15, -0.1) is 0 Å². The first kappa shape index (κ1) is 16.4. The summed E-state index contributed by atoms with van der Waals surface area (Å²) in [5.41, 5.74) is 0.580. The topological polar surface area (TPSA) is 38.1 Å². The molecule has 0 bridgehead atoms. The fraction of sp³-hybridized carbons (Fsp3) is 0.750. The molecular formula is C16H27N3OS. The Labute approximate surface area is 132 Å². The predicted octanol–water partition coefficient (Wildman–Crippen LogP) is 3.60. The maximum Gasteiger partial charge on any atom is 0.274 e. The van der Waals surface area contributed by atoms with Gasteiger partial charge in [0.1, 0.15) is 5.69 Å². The molecule has 0 spiro atoms. The molecular weight excluding hydrogens is 282 g/mol. The minimum Gasteiger partial charge on any atom is -0.336 e. The summed E-state index contributed by atoms with van der Waals surface area (Å²) in [4.78, 5) is 14.6. The highest BCUT2D eigenvalue weighted by atomic mass is 32.2. The fourth-order valence-corrected chi connectivity index (χ4v) is 4.31. The van der Waals surface area contributed by atoms with E-state index in [2.05, 4.69) is 25.2 Å². The molecule has 1 heterocycles. The van der Waals surface area contributed by atoms with E-state index in [1.54, 1.807) is 0 Å². The van der Waals surface area contributed by atoms with Crippen LogP contribution in [0.1, 0.15) is 62.5 Å². The van der Waals surface area contributed by atoms with E-state index in [9.17, 15) is 4.79 Å². The lowest BCUT2D eigenvalue weighted by atomic mass is 10.2. The van der Waals surface area contributed by atoms with Crippen molar-refractivity contribution in [3.05, 3.63) is 18.0 Å². The summed E-state index contributed by atoms with van der Waals surface area (Å²) in [6.07, 6.45) is 9.71. The Hall–Kier alpha value is -0.970. The Kier molecular flexibility index (Phi) is 5.73. The quantitative estimate of drug-likeness (QED) is 0.806. The molecule has 1 amide bonds. The summed E-state index contributed by atoms with van der Waals surface area (Å²) in [6, 6.07) is 2.60. The van der Waals surface area contributed by atoms with Gasteiger partial charge in [0.25, 0.3) is 5.91 Å². The van der Waals surface area contributed by atoms with Gasteiger partial charge in [-0.05, 0) is 38.0 Å². The van der Waals surface area contributed by atoms with Crippen LogP contribution in [0.15, 0.2) is 12.3 Å². The Morgan fingerprint density at radius 2 is 2.19 bits per heavy atom. The Morgan fingerprint density at radius 1 is 1.48 bits per heavy atom. The lowest BCUT2D eigenvalue weighted by Gasteiger charge is -2.28. The van der Waals surface area contributed by atoms with Gasteiger partial charge in [-0.1, -0.05) is 20.3 Å². The highest BCUT2D eigenvalue weighted by Crippen LogP contribution is 2.32. The van der Waals surface area contributed by atoms with Crippen molar-refractivity contribution in [2.45, 2.75) is 63.3 Å². The number of aromatic nitrogens is 2. The van der Waals surface area contributed by atoms with Crippen molar-refractivity contribution in [1.82, 2.24) is 14.7 Å². The van der Waals surface area contributed by atoms with Crippen molar-refractivity contribution < 1.29 is 4.79 Å². The first-order valence-corrected chi connectivity index (χ1v) is 9.26. The average molecular weight is 309 g/mol. The Morgan fingerprint density at radius 3 is 2.81 bits per heavy atom. The van der Waals surface area contributed by atoms with Crippen molar-refractivity contribution in [2.24, 2.45) is 0 Å². The van der Waals surface area contributed by atoms with E-state index in [1.807, 2.05) is 40.7 Å². The van der Waals surface area contributed by atoms with Crippen molar-refractivity contribution in [1.29, 1.82) is 0 Å². The zero-order valence-electron chi connectivity index (χ0n) is 13.6. The van der Waals surface area contributed by atoms with Crippen molar-refractivity contribution in [3.8, 4) is 0 Å². The molecule has 1 aromatic rings. The SMILES string of the molecule is CCC(CC)n1ccc(C(=O)N(C)[C@@H]2CCC[C@H]2SC)n1. The van der Waals surface area contributed by atoms with E-state index in [4.69, 9.17) is 0 Å². The standard InChI is InChI=1S/C16H27N3OS/c1-5-12(6-2)19-11-10-13(17-19)16(20)18(3)14-8-7-9-15(14)21-4/h10-12,14-15H,5-9H2,1-4H3/t14-,15-/m1/s1. The van der Waals surface area contributed by atoms with Gasteiger partial charge in [0.05, 0.1) is 6.04 Å². The molecule has 4 nitrogen and oxygen atoms in total. The minimum atomic E-state index is 0.0608. The maximum atomic E-state index is 12.6. The van der Waals surface area contributed by atoms with Crippen LogP contribution in [0.3, 0.4) is 0 Å². The smallest absolute Gasteiger partial charge is 0.274 e. The van der Waals surface area contributed by atoms with Crippen LogP contribution in [0.25, 0.3) is 0 Å². The van der Waals surface area contributed by atoms with Gasteiger partial charge in [0.15, 0.2) is 0 Å². The van der Waals surface area contributed by atoms with Crippen LogP contribution in [0, 0.1) is 0 Å². The summed E-state index contributed by atoms with van der Waals surface area (Å²) >= 11 is 1.88. The summed E-state index contributed by atoms with van der Waals surface area (Å²) in [5.74, 6) is 0.0608. The third-order valence-electron chi connectivity index (χ3n) is 4.68. The number of amides is 1. The largest absolute Gasteiger partial charge is 0.336 e. The summed E-state index contributed by atoms with van der Waals surface area (Å²) < 4.78 is 1.95. The molecule has 0 aromatic carbocycles. The van der Waals surface area contributed by atoms with Crippen LogP contribution in [0.4, 0.5) is 0 Å². The first-order chi connectivity index (χ1) is 10.1. The third kappa shape index (κ3) is 3.44. The molecule has 1 aliphatic rings. The second kappa shape index (κ2) is 7.34. The lowest BCUT2D eigenvalue weighted by Crippen LogP contribution is -2.40. The van der Waals surface area contributed by atoms with Crippen LogP contribution in [-0.2, 0) is 0 Å². The molecule has 118 valence electrons. The third-order valence-corrected chi connectivity index (χ3v) is 5.84. The van der Waals surface area contributed by atoms with Crippen molar-refractivity contribution in [2.75, 3.05) is 13.3 Å². The number of nitrogens with zero attached hydrogens (tertiary/aromatic N) is 3.